The van der Waals surface area contributed by atoms with Gasteiger partial charge in [-0.3, -0.25) is 0 Å². The summed E-state index contributed by atoms with van der Waals surface area (Å²) in [4.78, 5) is 0. The van der Waals surface area contributed by atoms with Gasteiger partial charge in [0.15, 0.2) is 0 Å². The standard InChI is InChI=1S/C17H20FNO2/c1-12(15-8-3-4-9-16(15)18)19-11-17(20)13-6-5-7-14(10-13)21-2/h3-10,12,17,19-20H,11H2,1-2H3/t12-,17?/m1/s1. The lowest BCUT2D eigenvalue weighted by Gasteiger charge is -2.18. The predicted octanol–water partition coefficient (Wildman–Crippen LogP) is 3.22. The minimum atomic E-state index is -0.672. The lowest BCUT2D eigenvalue weighted by molar-refractivity contribution is 0.170. The lowest BCUT2D eigenvalue weighted by Crippen LogP contribution is -2.25. The van der Waals surface area contributed by atoms with Crippen molar-refractivity contribution in [2.24, 2.45) is 0 Å². The van der Waals surface area contributed by atoms with E-state index in [2.05, 4.69) is 5.32 Å². The van der Waals surface area contributed by atoms with Gasteiger partial charge in [0, 0.05) is 18.2 Å². The van der Waals surface area contributed by atoms with Crippen LogP contribution in [-0.2, 0) is 0 Å². The number of benzene rings is 2. The molecule has 0 aromatic heterocycles. The molecule has 0 saturated carbocycles. The Labute approximate surface area is 124 Å². The van der Waals surface area contributed by atoms with Crippen molar-refractivity contribution in [2.75, 3.05) is 13.7 Å². The van der Waals surface area contributed by atoms with E-state index in [1.165, 1.54) is 6.07 Å². The van der Waals surface area contributed by atoms with Crippen molar-refractivity contribution < 1.29 is 14.2 Å². The number of methoxy groups -OCH3 is 1. The zero-order chi connectivity index (χ0) is 15.2. The highest BCUT2D eigenvalue weighted by Gasteiger charge is 2.13. The van der Waals surface area contributed by atoms with E-state index in [4.69, 9.17) is 4.74 Å². The number of hydrogen-bond acceptors (Lipinski definition) is 3. The topological polar surface area (TPSA) is 41.5 Å². The zero-order valence-corrected chi connectivity index (χ0v) is 12.2. The molecule has 2 aromatic carbocycles. The first-order valence-corrected chi connectivity index (χ1v) is 6.91. The third-order valence-corrected chi connectivity index (χ3v) is 3.47. The summed E-state index contributed by atoms with van der Waals surface area (Å²) in [7, 11) is 1.59. The van der Waals surface area contributed by atoms with E-state index in [-0.39, 0.29) is 11.9 Å². The SMILES string of the molecule is COc1cccc(C(O)CN[C@H](C)c2ccccc2F)c1. The largest absolute Gasteiger partial charge is 0.497 e. The molecule has 0 fully saturated rings. The molecule has 21 heavy (non-hydrogen) atoms. The van der Waals surface area contributed by atoms with Gasteiger partial charge in [-0.2, -0.15) is 0 Å². The summed E-state index contributed by atoms with van der Waals surface area (Å²) in [5.41, 5.74) is 1.36. The fourth-order valence-electron chi connectivity index (χ4n) is 2.19. The maximum Gasteiger partial charge on any atom is 0.127 e. The van der Waals surface area contributed by atoms with E-state index >= 15 is 0 Å². The molecular weight excluding hydrogens is 269 g/mol. The Morgan fingerprint density at radius 3 is 2.67 bits per heavy atom. The van der Waals surface area contributed by atoms with Crippen molar-refractivity contribution in [2.45, 2.75) is 19.1 Å². The Hall–Kier alpha value is -1.91. The molecule has 0 radical (unpaired) electrons. The number of nitrogens with one attached hydrogen (secondary N) is 1. The number of aliphatic hydroxyl groups excluding tert-OH is 1. The maximum absolute atomic E-state index is 13.7. The smallest absolute Gasteiger partial charge is 0.127 e. The molecule has 0 aliphatic heterocycles. The molecule has 0 amide bonds. The van der Waals surface area contributed by atoms with Gasteiger partial charge in [0.05, 0.1) is 13.2 Å². The van der Waals surface area contributed by atoms with Gasteiger partial charge in [-0.05, 0) is 30.7 Å². The van der Waals surface area contributed by atoms with Crippen LogP contribution in [0.4, 0.5) is 4.39 Å². The Bertz CT molecular complexity index is 589. The van der Waals surface area contributed by atoms with Gasteiger partial charge < -0.3 is 15.2 Å². The number of aliphatic hydroxyl groups is 1. The van der Waals surface area contributed by atoms with Crippen molar-refractivity contribution in [1.29, 1.82) is 0 Å². The molecule has 4 heteroatoms. The van der Waals surface area contributed by atoms with Gasteiger partial charge in [0.2, 0.25) is 0 Å². The summed E-state index contributed by atoms with van der Waals surface area (Å²) in [6.07, 6.45) is -0.672. The van der Waals surface area contributed by atoms with E-state index in [9.17, 15) is 9.50 Å². The second-order valence-electron chi connectivity index (χ2n) is 4.94. The van der Waals surface area contributed by atoms with E-state index < -0.39 is 6.10 Å². The first kappa shape index (κ1) is 15.5. The third kappa shape index (κ3) is 4.03. The van der Waals surface area contributed by atoms with Crippen LogP contribution in [-0.4, -0.2) is 18.8 Å². The highest BCUT2D eigenvalue weighted by atomic mass is 19.1. The highest BCUT2D eigenvalue weighted by molar-refractivity contribution is 5.30. The predicted molar refractivity (Wildman–Crippen MR) is 80.8 cm³/mol. The normalized spacial score (nSPS) is 13.7. The summed E-state index contributed by atoms with van der Waals surface area (Å²) in [6, 6.07) is 13.8. The minimum absolute atomic E-state index is 0.175. The van der Waals surface area contributed by atoms with Crippen molar-refractivity contribution in [1.82, 2.24) is 5.32 Å². The van der Waals surface area contributed by atoms with Crippen molar-refractivity contribution in [3.8, 4) is 5.75 Å². The molecule has 3 nitrogen and oxygen atoms in total. The van der Waals surface area contributed by atoms with E-state index in [0.29, 0.717) is 17.9 Å². The second-order valence-corrected chi connectivity index (χ2v) is 4.94. The van der Waals surface area contributed by atoms with Gasteiger partial charge in [0.25, 0.3) is 0 Å². The first-order chi connectivity index (χ1) is 10.1. The van der Waals surface area contributed by atoms with Crippen molar-refractivity contribution >= 4 is 0 Å². The molecule has 0 saturated heterocycles. The summed E-state index contributed by atoms with van der Waals surface area (Å²) in [6.45, 7) is 2.21. The van der Waals surface area contributed by atoms with Crippen LogP contribution in [0, 0.1) is 5.82 Å². The number of ether oxygens (including phenoxy) is 1. The number of hydrogen-bond donors (Lipinski definition) is 2. The first-order valence-electron chi connectivity index (χ1n) is 6.91. The fourth-order valence-corrected chi connectivity index (χ4v) is 2.19. The van der Waals surface area contributed by atoms with E-state index in [1.807, 2.05) is 25.1 Å². The quantitative estimate of drug-likeness (QED) is 0.858. The molecule has 0 heterocycles. The van der Waals surface area contributed by atoms with Crippen LogP contribution in [0.25, 0.3) is 0 Å². The Kier molecular flexibility index (Phi) is 5.31. The average Bonchev–Trinajstić information content (AvgIpc) is 2.52. The van der Waals surface area contributed by atoms with Gasteiger partial charge in [-0.25, -0.2) is 4.39 Å². The van der Waals surface area contributed by atoms with Gasteiger partial charge in [0.1, 0.15) is 11.6 Å². The van der Waals surface area contributed by atoms with Gasteiger partial charge in [-0.15, -0.1) is 0 Å². The highest BCUT2D eigenvalue weighted by Crippen LogP contribution is 2.20. The molecule has 1 unspecified atom stereocenters. The van der Waals surface area contributed by atoms with Crippen LogP contribution in [0.2, 0.25) is 0 Å². The van der Waals surface area contributed by atoms with E-state index in [1.54, 1.807) is 31.4 Å². The molecule has 0 aliphatic rings. The summed E-state index contributed by atoms with van der Waals surface area (Å²) < 4.78 is 18.8. The molecule has 112 valence electrons. The third-order valence-electron chi connectivity index (χ3n) is 3.47. The monoisotopic (exact) mass is 289 g/mol. The van der Waals surface area contributed by atoms with Crippen LogP contribution in [0.5, 0.6) is 5.75 Å². The number of rotatable bonds is 6. The second kappa shape index (κ2) is 7.20. The molecule has 2 aromatic rings. The number of halogens is 1. The average molecular weight is 289 g/mol. The van der Waals surface area contributed by atoms with Crippen LogP contribution in [0.3, 0.4) is 0 Å². The Morgan fingerprint density at radius 1 is 1.19 bits per heavy atom. The molecule has 0 bridgehead atoms. The molecular formula is C17H20FNO2. The molecule has 0 aliphatic carbocycles. The molecule has 2 N–H and O–H groups in total. The summed E-state index contributed by atoms with van der Waals surface area (Å²) in [5, 5.41) is 13.3. The van der Waals surface area contributed by atoms with Crippen molar-refractivity contribution in [3.05, 3.63) is 65.5 Å². The Balaban J connectivity index is 1.97. The Morgan fingerprint density at radius 2 is 1.95 bits per heavy atom. The van der Waals surface area contributed by atoms with Crippen LogP contribution < -0.4 is 10.1 Å². The van der Waals surface area contributed by atoms with Gasteiger partial charge in [-0.1, -0.05) is 30.3 Å². The van der Waals surface area contributed by atoms with Crippen LogP contribution >= 0.6 is 0 Å². The maximum atomic E-state index is 13.7. The molecule has 0 spiro atoms. The van der Waals surface area contributed by atoms with Crippen LogP contribution in [0.1, 0.15) is 30.2 Å². The van der Waals surface area contributed by atoms with Gasteiger partial charge >= 0.3 is 0 Å². The molecule has 2 atom stereocenters. The fraction of sp³-hybridized carbons (Fsp3) is 0.294. The minimum Gasteiger partial charge on any atom is -0.497 e. The summed E-state index contributed by atoms with van der Waals surface area (Å²) in [5.74, 6) is 0.460. The molecule has 2 rings (SSSR count). The lowest BCUT2D eigenvalue weighted by atomic mass is 10.1. The van der Waals surface area contributed by atoms with E-state index in [0.717, 1.165) is 5.56 Å². The van der Waals surface area contributed by atoms with Crippen molar-refractivity contribution in [3.63, 3.8) is 0 Å². The zero-order valence-electron chi connectivity index (χ0n) is 12.2. The summed E-state index contributed by atoms with van der Waals surface area (Å²) >= 11 is 0. The van der Waals surface area contributed by atoms with Crippen LogP contribution in [0.15, 0.2) is 48.5 Å².